The number of halogens is 3. The van der Waals surface area contributed by atoms with Gasteiger partial charge in [-0.05, 0) is 36.4 Å². The lowest BCUT2D eigenvalue weighted by Gasteiger charge is -2.30. The third-order valence-electron chi connectivity index (χ3n) is 4.65. The summed E-state index contributed by atoms with van der Waals surface area (Å²) in [6.07, 6.45) is 0.575. The first-order valence-corrected chi connectivity index (χ1v) is 11.3. The molecule has 3 rings (SSSR count). The normalized spacial score (nSPS) is 15.7. The van der Waals surface area contributed by atoms with E-state index < -0.39 is 57.4 Å². The highest BCUT2D eigenvalue weighted by Gasteiger charge is 2.32. The first kappa shape index (κ1) is 22.2. The lowest BCUT2D eigenvalue weighted by atomic mass is 9.97. The predicted molar refractivity (Wildman–Crippen MR) is 104 cm³/mol. The van der Waals surface area contributed by atoms with Crippen LogP contribution in [0.5, 0.6) is 0 Å². The van der Waals surface area contributed by atoms with Crippen molar-refractivity contribution in [1.29, 1.82) is 0 Å². The number of sulfonamides is 1. The number of anilines is 1. The van der Waals surface area contributed by atoms with E-state index in [1.54, 1.807) is 11.4 Å². The van der Waals surface area contributed by atoms with E-state index in [0.29, 0.717) is 6.07 Å². The highest BCUT2D eigenvalue weighted by molar-refractivity contribution is 7.91. The number of rotatable bonds is 6. The predicted octanol–water partition coefficient (Wildman–Crippen LogP) is 2.32. The van der Waals surface area contributed by atoms with Crippen LogP contribution in [-0.4, -0.2) is 44.2 Å². The van der Waals surface area contributed by atoms with Crippen molar-refractivity contribution in [1.82, 2.24) is 9.62 Å². The Morgan fingerprint density at radius 3 is 2.43 bits per heavy atom. The molecule has 2 aromatic rings. The zero-order valence-corrected chi connectivity index (χ0v) is 17.2. The molecule has 2 heterocycles. The number of nitrogens with zero attached hydrogens (tertiary/aromatic N) is 1. The molecular formula is C18H18F3N3O4S2. The van der Waals surface area contributed by atoms with Crippen LogP contribution >= 0.6 is 11.3 Å². The fourth-order valence-corrected chi connectivity index (χ4v) is 5.64. The van der Waals surface area contributed by atoms with E-state index >= 15 is 0 Å². The molecule has 0 radical (unpaired) electrons. The first-order chi connectivity index (χ1) is 14.2. The minimum absolute atomic E-state index is 0.171. The van der Waals surface area contributed by atoms with Crippen molar-refractivity contribution in [2.24, 2.45) is 5.92 Å². The Kier molecular flexibility index (Phi) is 6.78. The van der Waals surface area contributed by atoms with Crippen molar-refractivity contribution in [3.05, 3.63) is 47.1 Å². The first-order valence-electron chi connectivity index (χ1n) is 8.95. The molecule has 12 heteroatoms. The molecule has 30 heavy (non-hydrogen) atoms. The summed E-state index contributed by atoms with van der Waals surface area (Å²) in [4.78, 5) is 24.1. The Hall–Kier alpha value is -2.44. The molecule has 1 aliphatic rings. The highest BCUT2D eigenvalue weighted by Crippen LogP contribution is 2.26. The van der Waals surface area contributed by atoms with Gasteiger partial charge in [0.25, 0.3) is 10.0 Å². The molecule has 1 fully saturated rings. The summed E-state index contributed by atoms with van der Waals surface area (Å²) in [5.74, 6) is -6.36. The molecule has 162 valence electrons. The smallest absolute Gasteiger partial charge is 0.252 e. The average molecular weight is 461 g/mol. The summed E-state index contributed by atoms with van der Waals surface area (Å²) in [6.45, 7) is -0.153. The molecular weight excluding hydrogens is 443 g/mol. The van der Waals surface area contributed by atoms with E-state index in [1.807, 2.05) is 0 Å². The Labute approximate surface area is 174 Å². The van der Waals surface area contributed by atoms with Crippen molar-refractivity contribution < 1.29 is 31.2 Å². The highest BCUT2D eigenvalue weighted by atomic mass is 32.2. The second-order valence-electron chi connectivity index (χ2n) is 6.60. The average Bonchev–Trinajstić information content (AvgIpc) is 3.28. The topological polar surface area (TPSA) is 95.6 Å². The molecule has 0 atom stereocenters. The summed E-state index contributed by atoms with van der Waals surface area (Å²) in [5, 5.41) is 6.12. The van der Waals surface area contributed by atoms with Gasteiger partial charge >= 0.3 is 0 Å². The Morgan fingerprint density at radius 2 is 1.80 bits per heavy atom. The van der Waals surface area contributed by atoms with E-state index in [1.165, 1.54) is 10.4 Å². The molecule has 1 aromatic heterocycles. The second-order valence-corrected chi connectivity index (χ2v) is 9.71. The van der Waals surface area contributed by atoms with Gasteiger partial charge in [-0.3, -0.25) is 9.59 Å². The number of thiophene rings is 1. The van der Waals surface area contributed by atoms with Crippen LogP contribution in [0.2, 0.25) is 0 Å². The van der Waals surface area contributed by atoms with Crippen LogP contribution in [0.15, 0.2) is 33.9 Å². The molecule has 0 aliphatic carbocycles. The van der Waals surface area contributed by atoms with Crippen LogP contribution in [-0.2, 0) is 19.6 Å². The van der Waals surface area contributed by atoms with Crippen LogP contribution in [0, 0.1) is 23.4 Å². The van der Waals surface area contributed by atoms with E-state index in [0.717, 1.165) is 17.4 Å². The largest absolute Gasteiger partial charge is 0.347 e. The summed E-state index contributed by atoms with van der Waals surface area (Å²) in [5.41, 5.74) is -0.541. The maximum atomic E-state index is 13.6. The zero-order chi connectivity index (χ0) is 21.9. The lowest BCUT2D eigenvalue weighted by Crippen LogP contribution is -2.44. The van der Waals surface area contributed by atoms with Gasteiger partial charge in [0.2, 0.25) is 11.8 Å². The summed E-state index contributed by atoms with van der Waals surface area (Å²) in [6, 6.07) is 4.71. The lowest BCUT2D eigenvalue weighted by molar-refractivity contribution is -0.128. The SMILES string of the molecule is O=C(CNC(=O)C1CCN(S(=O)(=O)c2cccs2)CC1)Nc1ccc(F)c(F)c1F. The van der Waals surface area contributed by atoms with Gasteiger partial charge in [-0.15, -0.1) is 11.3 Å². The standard InChI is InChI=1S/C18H18F3N3O4S2/c19-12-3-4-13(17(21)16(12)20)23-14(25)10-22-18(26)11-5-7-24(8-6-11)30(27,28)15-2-1-9-29-15/h1-4,9,11H,5-8,10H2,(H,22,26)(H,23,25). The number of nitrogens with one attached hydrogen (secondary N) is 2. The number of carbonyl (C=O) groups is 2. The molecule has 0 saturated carbocycles. The third-order valence-corrected chi connectivity index (χ3v) is 7.92. The Morgan fingerprint density at radius 1 is 1.10 bits per heavy atom. The molecule has 2 N–H and O–H groups in total. The molecule has 0 spiro atoms. The van der Waals surface area contributed by atoms with Crippen molar-refractivity contribution in [2.45, 2.75) is 17.1 Å². The van der Waals surface area contributed by atoms with Gasteiger partial charge < -0.3 is 10.6 Å². The molecule has 0 bridgehead atoms. The molecule has 1 aromatic carbocycles. The maximum Gasteiger partial charge on any atom is 0.252 e. The summed E-state index contributed by atoms with van der Waals surface area (Å²) in [7, 11) is -3.58. The van der Waals surface area contributed by atoms with Crippen LogP contribution in [0.1, 0.15) is 12.8 Å². The quantitative estimate of drug-likeness (QED) is 0.646. The zero-order valence-electron chi connectivity index (χ0n) is 15.5. The maximum absolute atomic E-state index is 13.6. The van der Waals surface area contributed by atoms with Gasteiger partial charge in [-0.25, -0.2) is 21.6 Å². The van der Waals surface area contributed by atoms with Gasteiger partial charge in [0, 0.05) is 19.0 Å². The van der Waals surface area contributed by atoms with Gasteiger partial charge in [0.1, 0.15) is 4.21 Å². The number of piperidine rings is 1. The number of amides is 2. The van der Waals surface area contributed by atoms with Gasteiger partial charge in [0.05, 0.1) is 12.2 Å². The van der Waals surface area contributed by atoms with Crippen LogP contribution < -0.4 is 10.6 Å². The third kappa shape index (κ3) is 4.82. The Balaban J connectivity index is 1.48. The van der Waals surface area contributed by atoms with E-state index in [9.17, 15) is 31.2 Å². The number of hydrogen-bond donors (Lipinski definition) is 2. The van der Waals surface area contributed by atoms with Crippen molar-refractivity contribution in [3.8, 4) is 0 Å². The molecule has 1 aliphatic heterocycles. The van der Waals surface area contributed by atoms with Crippen molar-refractivity contribution >= 4 is 38.9 Å². The summed E-state index contributed by atoms with van der Waals surface area (Å²) < 4.78 is 66.2. The van der Waals surface area contributed by atoms with Crippen LogP contribution in [0.4, 0.5) is 18.9 Å². The van der Waals surface area contributed by atoms with Gasteiger partial charge in [-0.1, -0.05) is 6.07 Å². The van der Waals surface area contributed by atoms with Crippen LogP contribution in [0.25, 0.3) is 0 Å². The monoisotopic (exact) mass is 461 g/mol. The molecule has 7 nitrogen and oxygen atoms in total. The fraction of sp³-hybridized carbons (Fsp3) is 0.333. The van der Waals surface area contributed by atoms with E-state index in [4.69, 9.17) is 0 Å². The van der Waals surface area contributed by atoms with Gasteiger partial charge in [0.15, 0.2) is 17.5 Å². The van der Waals surface area contributed by atoms with E-state index in [2.05, 4.69) is 10.6 Å². The Bertz CT molecular complexity index is 1040. The van der Waals surface area contributed by atoms with Gasteiger partial charge in [-0.2, -0.15) is 4.31 Å². The minimum Gasteiger partial charge on any atom is -0.347 e. The fourth-order valence-electron chi connectivity index (χ4n) is 3.02. The number of carbonyl (C=O) groups excluding carboxylic acids is 2. The molecule has 2 amide bonds. The summed E-state index contributed by atoms with van der Waals surface area (Å²) >= 11 is 1.12. The second kappa shape index (κ2) is 9.14. The minimum atomic E-state index is -3.58. The van der Waals surface area contributed by atoms with E-state index in [-0.39, 0.29) is 30.1 Å². The number of benzene rings is 1. The van der Waals surface area contributed by atoms with Crippen molar-refractivity contribution in [3.63, 3.8) is 0 Å². The number of hydrogen-bond acceptors (Lipinski definition) is 5. The molecule has 1 saturated heterocycles. The van der Waals surface area contributed by atoms with Crippen LogP contribution in [0.3, 0.4) is 0 Å². The van der Waals surface area contributed by atoms with Crippen molar-refractivity contribution in [2.75, 3.05) is 25.0 Å². The molecule has 0 unspecified atom stereocenters.